The second kappa shape index (κ2) is 6.87. The second-order valence-corrected chi connectivity index (χ2v) is 6.24. The van der Waals surface area contributed by atoms with Gasteiger partial charge in [0.1, 0.15) is 0 Å². The summed E-state index contributed by atoms with van der Waals surface area (Å²) >= 11 is 0. The van der Waals surface area contributed by atoms with Crippen molar-refractivity contribution in [3.05, 3.63) is 0 Å². The summed E-state index contributed by atoms with van der Waals surface area (Å²) in [5.41, 5.74) is 5.62. The molecule has 2 fully saturated rings. The summed E-state index contributed by atoms with van der Waals surface area (Å²) in [7, 11) is 0. The van der Waals surface area contributed by atoms with Gasteiger partial charge in [-0.2, -0.15) is 0 Å². The van der Waals surface area contributed by atoms with Crippen LogP contribution in [-0.4, -0.2) is 67.2 Å². The van der Waals surface area contributed by atoms with Crippen LogP contribution in [0.5, 0.6) is 0 Å². The van der Waals surface area contributed by atoms with E-state index in [1.54, 1.807) is 0 Å². The van der Waals surface area contributed by atoms with Gasteiger partial charge >= 0.3 is 0 Å². The van der Waals surface area contributed by atoms with Crippen LogP contribution in [0, 0.1) is 11.8 Å². The Morgan fingerprint density at radius 1 is 1.15 bits per heavy atom. The molecule has 2 saturated heterocycles. The Bertz CT molecular complexity index is 337. The highest BCUT2D eigenvalue weighted by molar-refractivity contribution is 5.80. The van der Waals surface area contributed by atoms with Crippen LogP contribution in [0.1, 0.15) is 27.2 Å². The molecule has 5 nitrogen and oxygen atoms in total. The van der Waals surface area contributed by atoms with Gasteiger partial charge in [-0.25, -0.2) is 0 Å². The van der Waals surface area contributed by atoms with Crippen molar-refractivity contribution in [2.24, 2.45) is 17.6 Å². The van der Waals surface area contributed by atoms with Crippen LogP contribution in [0.3, 0.4) is 0 Å². The van der Waals surface area contributed by atoms with Crippen LogP contribution in [0.15, 0.2) is 0 Å². The number of carbonyl (C=O) groups excluding carboxylic acids is 1. The van der Waals surface area contributed by atoms with E-state index in [0.29, 0.717) is 12.5 Å². The fourth-order valence-corrected chi connectivity index (χ4v) is 3.50. The molecule has 0 aromatic carbocycles. The molecule has 0 saturated carbocycles. The highest BCUT2D eigenvalue weighted by Crippen LogP contribution is 2.33. The summed E-state index contributed by atoms with van der Waals surface area (Å²) in [6, 6.07) is 0. The minimum absolute atomic E-state index is 0.0195. The molecule has 0 radical (unpaired) electrons. The minimum atomic E-state index is 0.0195. The van der Waals surface area contributed by atoms with Crippen LogP contribution < -0.4 is 5.73 Å². The van der Waals surface area contributed by atoms with Crippen LogP contribution >= 0.6 is 0 Å². The maximum atomic E-state index is 12.8. The quantitative estimate of drug-likeness (QED) is 0.821. The number of carbonyl (C=O) groups is 1. The lowest BCUT2D eigenvalue weighted by molar-refractivity contribution is -0.137. The first-order valence-corrected chi connectivity index (χ1v) is 7.91. The summed E-state index contributed by atoms with van der Waals surface area (Å²) in [5, 5.41) is 0. The van der Waals surface area contributed by atoms with E-state index in [1.165, 1.54) is 0 Å². The zero-order valence-electron chi connectivity index (χ0n) is 13.0. The van der Waals surface area contributed by atoms with E-state index in [1.807, 2.05) is 11.8 Å². The van der Waals surface area contributed by atoms with E-state index in [9.17, 15) is 4.79 Å². The van der Waals surface area contributed by atoms with Gasteiger partial charge in [0.2, 0.25) is 5.91 Å². The Morgan fingerprint density at radius 2 is 1.90 bits per heavy atom. The van der Waals surface area contributed by atoms with Gasteiger partial charge in [0.05, 0.1) is 18.1 Å². The van der Waals surface area contributed by atoms with E-state index < -0.39 is 0 Å². The monoisotopic (exact) mass is 283 g/mol. The van der Waals surface area contributed by atoms with Crippen LogP contribution in [0.2, 0.25) is 0 Å². The highest BCUT2D eigenvalue weighted by atomic mass is 16.5. The van der Waals surface area contributed by atoms with E-state index in [2.05, 4.69) is 18.7 Å². The number of nitrogens with two attached hydrogens (primary N) is 1. The van der Waals surface area contributed by atoms with Gasteiger partial charge in [0, 0.05) is 32.7 Å². The molecule has 2 aliphatic heterocycles. The third kappa shape index (κ3) is 3.32. The summed E-state index contributed by atoms with van der Waals surface area (Å²) < 4.78 is 5.81. The highest BCUT2D eigenvalue weighted by Gasteiger charge is 2.43. The molecular formula is C15H29N3O2. The first kappa shape index (κ1) is 15.7. The van der Waals surface area contributed by atoms with Crippen molar-refractivity contribution in [3.8, 4) is 0 Å². The second-order valence-electron chi connectivity index (χ2n) is 6.24. The maximum Gasteiger partial charge on any atom is 0.228 e. The lowest BCUT2D eigenvalue weighted by Crippen LogP contribution is -2.43. The molecule has 2 heterocycles. The van der Waals surface area contributed by atoms with Gasteiger partial charge in [-0.3, -0.25) is 4.79 Å². The third-order valence-corrected chi connectivity index (χ3v) is 4.87. The molecule has 2 aliphatic rings. The zero-order chi connectivity index (χ0) is 14.7. The molecule has 0 spiro atoms. The number of hydrogen-bond donors (Lipinski definition) is 1. The number of amides is 1. The molecule has 0 aromatic heterocycles. The Kier molecular flexibility index (Phi) is 5.41. The topological polar surface area (TPSA) is 58.8 Å². The molecule has 4 unspecified atom stereocenters. The largest absolute Gasteiger partial charge is 0.374 e. The molecule has 0 bridgehead atoms. The van der Waals surface area contributed by atoms with Crippen molar-refractivity contribution in [3.63, 3.8) is 0 Å². The zero-order valence-corrected chi connectivity index (χ0v) is 13.0. The molecular weight excluding hydrogens is 254 g/mol. The molecule has 4 atom stereocenters. The predicted octanol–water partition coefficient (Wildman–Crippen LogP) is 0.539. The first-order chi connectivity index (χ1) is 9.54. The number of hydrogen-bond acceptors (Lipinski definition) is 4. The molecule has 0 aromatic rings. The molecule has 2 N–H and O–H groups in total. The van der Waals surface area contributed by atoms with Crippen molar-refractivity contribution in [2.75, 3.05) is 39.3 Å². The van der Waals surface area contributed by atoms with Gasteiger partial charge < -0.3 is 20.3 Å². The fourth-order valence-electron chi connectivity index (χ4n) is 3.50. The Morgan fingerprint density at radius 3 is 2.50 bits per heavy atom. The van der Waals surface area contributed by atoms with Crippen LogP contribution in [0.4, 0.5) is 0 Å². The standard InChI is InChI=1S/C15H29N3O2/c1-11-12(2)20-13(3)14(11)15(19)18-7-4-6-17(8-5-16)9-10-18/h11-14H,4-10,16H2,1-3H3. The van der Waals surface area contributed by atoms with E-state index in [0.717, 1.165) is 39.1 Å². The van der Waals surface area contributed by atoms with Crippen molar-refractivity contribution in [1.29, 1.82) is 0 Å². The third-order valence-electron chi connectivity index (χ3n) is 4.87. The molecule has 2 rings (SSSR count). The van der Waals surface area contributed by atoms with Gasteiger partial charge in [0.15, 0.2) is 0 Å². The summed E-state index contributed by atoms with van der Waals surface area (Å²) in [4.78, 5) is 17.2. The molecule has 116 valence electrons. The number of ether oxygens (including phenoxy) is 1. The van der Waals surface area contributed by atoms with Crippen molar-refractivity contribution in [2.45, 2.75) is 39.4 Å². The fraction of sp³-hybridized carbons (Fsp3) is 0.933. The lowest BCUT2D eigenvalue weighted by Gasteiger charge is -2.27. The summed E-state index contributed by atoms with van der Waals surface area (Å²) in [6.07, 6.45) is 1.26. The van der Waals surface area contributed by atoms with E-state index in [4.69, 9.17) is 10.5 Å². The Hall–Kier alpha value is -0.650. The van der Waals surface area contributed by atoms with E-state index in [-0.39, 0.29) is 24.0 Å². The number of rotatable bonds is 3. The molecule has 20 heavy (non-hydrogen) atoms. The lowest BCUT2D eigenvalue weighted by atomic mass is 9.88. The predicted molar refractivity (Wildman–Crippen MR) is 79.4 cm³/mol. The maximum absolute atomic E-state index is 12.8. The average molecular weight is 283 g/mol. The average Bonchev–Trinajstić information content (AvgIpc) is 2.59. The molecule has 1 amide bonds. The van der Waals surface area contributed by atoms with Gasteiger partial charge in [0.25, 0.3) is 0 Å². The minimum Gasteiger partial charge on any atom is -0.374 e. The smallest absolute Gasteiger partial charge is 0.228 e. The van der Waals surface area contributed by atoms with Crippen molar-refractivity contribution < 1.29 is 9.53 Å². The van der Waals surface area contributed by atoms with Gasteiger partial charge in [-0.1, -0.05) is 6.92 Å². The summed E-state index contributed by atoms with van der Waals surface area (Å²) in [5.74, 6) is 0.607. The molecule has 0 aliphatic carbocycles. The van der Waals surface area contributed by atoms with Crippen molar-refractivity contribution in [1.82, 2.24) is 9.80 Å². The van der Waals surface area contributed by atoms with E-state index >= 15 is 0 Å². The normalized spacial score (nSPS) is 36.1. The number of nitrogens with zero attached hydrogens (tertiary/aromatic N) is 2. The Labute approximate surface area is 122 Å². The van der Waals surface area contributed by atoms with Gasteiger partial charge in [-0.15, -0.1) is 0 Å². The Balaban J connectivity index is 1.95. The van der Waals surface area contributed by atoms with Crippen LogP contribution in [-0.2, 0) is 9.53 Å². The molecule has 5 heteroatoms. The van der Waals surface area contributed by atoms with Gasteiger partial charge in [-0.05, 0) is 32.7 Å². The SMILES string of the molecule is CC1OC(C)C(C(=O)N2CCCN(CCN)CC2)C1C. The summed E-state index contributed by atoms with van der Waals surface area (Å²) in [6.45, 7) is 11.5. The van der Waals surface area contributed by atoms with Crippen molar-refractivity contribution >= 4 is 5.91 Å². The first-order valence-electron chi connectivity index (χ1n) is 7.91. The van der Waals surface area contributed by atoms with Crippen LogP contribution in [0.25, 0.3) is 0 Å².